The first kappa shape index (κ1) is 17.3. The molecule has 0 unspecified atom stereocenters. The van der Waals surface area contributed by atoms with Crippen molar-refractivity contribution in [3.05, 3.63) is 28.8 Å². The number of hydrogen-bond donors (Lipinski definition) is 2. The van der Waals surface area contributed by atoms with Crippen molar-refractivity contribution in [1.82, 2.24) is 5.32 Å². The van der Waals surface area contributed by atoms with Crippen LogP contribution in [0.3, 0.4) is 0 Å². The molecule has 0 saturated carbocycles. The van der Waals surface area contributed by atoms with E-state index in [0.29, 0.717) is 12.6 Å². The van der Waals surface area contributed by atoms with Gasteiger partial charge in [-0.25, -0.2) is 0 Å². The normalized spacial score (nSPS) is 11.1. The van der Waals surface area contributed by atoms with Gasteiger partial charge in [0.15, 0.2) is 0 Å². The third kappa shape index (κ3) is 5.31. The molecule has 0 aliphatic rings. The second-order valence-corrected chi connectivity index (χ2v) is 5.75. The molecule has 1 aromatic carbocycles. The molecule has 114 valence electrons. The average molecular weight is 299 g/mol. The van der Waals surface area contributed by atoms with E-state index in [1.165, 1.54) is 5.56 Å². The Morgan fingerprint density at radius 2 is 2.05 bits per heavy atom. The van der Waals surface area contributed by atoms with Crippen LogP contribution < -0.4 is 10.2 Å². The molecular formula is C16H27ClN2O. The van der Waals surface area contributed by atoms with Crippen molar-refractivity contribution in [3.8, 4) is 0 Å². The first-order valence-electron chi connectivity index (χ1n) is 7.46. The summed E-state index contributed by atoms with van der Waals surface area (Å²) < 4.78 is 0. The van der Waals surface area contributed by atoms with Crippen LogP contribution in [0.1, 0.15) is 39.2 Å². The third-order valence-electron chi connectivity index (χ3n) is 3.24. The standard InChI is InChI=1S/C16H27ClN2O/c1-4-5-9-19(10-11-20)16-14(12-18-13(2)3)7-6-8-15(16)17/h6-8,13,18,20H,4-5,9-12H2,1-3H3. The topological polar surface area (TPSA) is 35.5 Å². The highest BCUT2D eigenvalue weighted by Crippen LogP contribution is 2.30. The summed E-state index contributed by atoms with van der Waals surface area (Å²) in [7, 11) is 0. The van der Waals surface area contributed by atoms with Crippen molar-refractivity contribution in [2.45, 2.75) is 46.2 Å². The molecule has 0 radical (unpaired) electrons. The lowest BCUT2D eigenvalue weighted by Gasteiger charge is -2.28. The summed E-state index contributed by atoms with van der Waals surface area (Å²) in [6.45, 7) is 8.92. The van der Waals surface area contributed by atoms with Crippen LogP contribution in [0.5, 0.6) is 0 Å². The van der Waals surface area contributed by atoms with Gasteiger partial charge in [0.25, 0.3) is 0 Å². The largest absolute Gasteiger partial charge is 0.395 e. The summed E-state index contributed by atoms with van der Waals surface area (Å²) in [4.78, 5) is 2.20. The summed E-state index contributed by atoms with van der Waals surface area (Å²) in [6, 6.07) is 6.45. The Hall–Kier alpha value is -0.770. The molecule has 0 aromatic heterocycles. The van der Waals surface area contributed by atoms with Gasteiger partial charge >= 0.3 is 0 Å². The van der Waals surface area contributed by atoms with Crippen LogP contribution in [-0.4, -0.2) is 30.8 Å². The van der Waals surface area contributed by atoms with E-state index in [1.54, 1.807) is 0 Å². The maximum Gasteiger partial charge on any atom is 0.0642 e. The van der Waals surface area contributed by atoms with Gasteiger partial charge in [-0.2, -0.15) is 0 Å². The minimum absolute atomic E-state index is 0.145. The lowest BCUT2D eigenvalue weighted by molar-refractivity contribution is 0.301. The van der Waals surface area contributed by atoms with Crippen LogP contribution in [-0.2, 0) is 6.54 Å². The highest BCUT2D eigenvalue weighted by molar-refractivity contribution is 6.33. The molecule has 0 spiro atoms. The molecule has 0 heterocycles. The summed E-state index contributed by atoms with van der Waals surface area (Å²) in [5.41, 5.74) is 2.25. The van der Waals surface area contributed by atoms with E-state index in [0.717, 1.165) is 36.6 Å². The van der Waals surface area contributed by atoms with Crippen LogP contribution in [0.15, 0.2) is 18.2 Å². The third-order valence-corrected chi connectivity index (χ3v) is 3.54. The minimum Gasteiger partial charge on any atom is -0.395 e. The average Bonchev–Trinajstić information content (AvgIpc) is 2.41. The number of nitrogens with one attached hydrogen (secondary N) is 1. The van der Waals surface area contributed by atoms with Crippen LogP contribution in [0.4, 0.5) is 5.69 Å². The smallest absolute Gasteiger partial charge is 0.0642 e. The molecule has 0 amide bonds. The molecule has 0 saturated heterocycles. The zero-order chi connectivity index (χ0) is 15.0. The van der Waals surface area contributed by atoms with E-state index in [2.05, 4.69) is 37.1 Å². The van der Waals surface area contributed by atoms with Crippen molar-refractivity contribution in [1.29, 1.82) is 0 Å². The Kier molecular flexibility index (Phi) is 7.97. The van der Waals surface area contributed by atoms with Crippen molar-refractivity contribution in [2.75, 3.05) is 24.6 Å². The Morgan fingerprint density at radius 3 is 2.65 bits per heavy atom. The van der Waals surface area contributed by atoms with Gasteiger partial charge in [0, 0.05) is 25.7 Å². The molecule has 1 rings (SSSR count). The number of unbranched alkanes of at least 4 members (excludes halogenated alkanes) is 1. The van der Waals surface area contributed by atoms with Crippen molar-refractivity contribution in [3.63, 3.8) is 0 Å². The summed E-state index contributed by atoms with van der Waals surface area (Å²) in [6.07, 6.45) is 2.23. The number of benzene rings is 1. The van der Waals surface area contributed by atoms with Crippen LogP contribution >= 0.6 is 11.6 Å². The van der Waals surface area contributed by atoms with Gasteiger partial charge < -0.3 is 15.3 Å². The first-order valence-corrected chi connectivity index (χ1v) is 7.84. The van der Waals surface area contributed by atoms with Crippen LogP contribution in [0, 0.1) is 0 Å². The van der Waals surface area contributed by atoms with Crippen LogP contribution in [0.2, 0.25) is 5.02 Å². The Bertz CT molecular complexity index is 396. The maximum absolute atomic E-state index is 9.30. The van der Waals surface area contributed by atoms with E-state index in [1.807, 2.05) is 12.1 Å². The zero-order valence-electron chi connectivity index (χ0n) is 12.8. The highest BCUT2D eigenvalue weighted by Gasteiger charge is 2.14. The number of para-hydroxylation sites is 1. The molecule has 3 nitrogen and oxygen atoms in total. The SMILES string of the molecule is CCCCN(CCO)c1c(Cl)cccc1CNC(C)C. The Balaban J connectivity index is 2.97. The second kappa shape index (κ2) is 9.22. The number of anilines is 1. The van der Waals surface area contributed by atoms with Crippen molar-refractivity contribution < 1.29 is 5.11 Å². The summed E-state index contributed by atoms with van der Waals surface area (Å²) >= 11 is 6.40. The quantitative estimate of drug-likeness (QED) is 0.733. The number of halogens is 1. The van der Waals surface area contributed by atoms with E-state index < -0.39 is 0 Å². The van der Waals surface area contributed by atoms with Gasteiger partial charge in [-0.1, -0.05) is 50.9 Å². The molecule has 0 bridgehead atoms. The number of hydrogen-bond acceptors (Lipinski definition) is 3. The molecule has 0 aliphatic heterocycles. The molecule has 2 N–H and O–H groups in total. The Morgan fingerprint density at radius 1 is 1.30 bits per heavy atom. The van der Waals surface area contributed by atoms with Gasteiger partial charge in [0.05, 0.1) is 17.3 Å². The lowest BCUT2D eigenvalue weighted by Crippen LogP contribution is -2.30. The molecule has 0 aliphatic carbocycles. The fourth-order valence-electron chi connectivity index (χ4n) is 2.18. The van der Waals surface area contributed by atoms with Gasteiger partial charge in [-0.3, -0.25) is 0 Å². The lowest BCUT2D eigenvalue weighted by atomic mass is 10.1. The van der Waals surface area contributed by atoms with Gasteiger partial charge in [-0.15, -0.1) is 0 Å². The monoisotopic (exact) mass is 298 g/mol. The molecule has 4 heteroatoms. The number of nitrogens with zero attached hydrogens (tertiary/aromatic N) is 1. The molecule has 0 atom stereocenters. The molecule has 20 heavy (non-hydrogen) atoms. The fraction of sp³-hybridized carbons (Fsp3) is 0.625. The molecule has 1 aromatic rings. The predicted molar refractivity (Wildman–Crippen MR) is 87.6 cm³/mol. The summed E-state index contributed by atoms with van der Waals surface area (Å²) in [5.74, 6) is 0. The minimum atomic E-state index is 0.145. The maximum atomic E-state index is 9.30. The van der Waals surface area contributed by atoms with Gasteiger partial charge in [-0.05, 0) is 18.1 Å². The summed E-state index contributed by atoms with van der Waals surface area (Å²) in [5, 5.41) is 13.5. The van der Waals surface area contributed by atoms with E-state index >= 15 is 0 Å². The Labute approximate surface area is 127 Å². The van der Waals surface area contributed by atoms with Gasteiger partial charge in [0.2, 0.25) is 0 Å². The predicted octanol–water partition coefficient (Wildman–Crippen LogP) is 3.44. The fourth-order valence-corrected chi connectivity index (χ4v) is 2.49. The van der Waals surface area contributed by atoms with E-state index in [9.17, 15) is 5.11 Å². The number of rotatable bonds is 9. The first-order chi connectivity index (χ1) is 9.60. The van der Waals surface area contributed by atoms with E-state index in [4.69, 9.17) is 11.6 Å². The second-order valence-electron chi connectivity index (χ2n) is 5.35. The van der Waals surface area contributed by atoms with Crippen LogP contribution in [0.25, 0.3) is 0 Å². The van der Waals surface area contributed by atoms with Crippen molar-refractivity contribution in [2.24, 2.45) is 0 Å². The zero-order valence-corrected chi connectivity index (χ0v) is 13.6. The molecule has 0 fully saturated rings. The van der Waals surface area contributed by atoms with Crippen molar-refractivity contribution >= 4 is 17.3 Å². The molecular weight excluding hydrogens is 272 g/mol. The number of aliphatic hydroxyl groups is 1. The highest BCUT2D eigenvalue weighted by atomic mass is 35.5. The van der Waals surface area contributed by atoms with Gasteiger partial charge in [0.1, 0.15) is 0 Å². The number of aliphatic hydroxyl groups excluding tert-OH is 1. The van der Waals surface area contributed by atoms with E-state index in [-0.39, 0.29) is 6.61 Å².